The number of amides is 1. The van der Waals surface area contributed by atoms with E-state index in [9.17, 15) is 26.4 Å². The van der Waals surface area contributed by atoms with E-state index in [0.29, 0.717) is 0 Å². The zero-order chi connectivity index (χ0) is 17.0. The van der Waals surface area contributed by atoms with Gasteiger partial charge in [-0.3, -0.25) is 4.79 Å². The van der Waals surface area contributed by atoms with E-state index in [1.54, 1.807) is 0 Å². The number of halogens is 3. The van der Waals surface area contributed by atoms with Gasteiger partial charge in [-0.1, -0.05) is 18.2 Å². The van der Waals surface area contributed by atoms with Gasteiger partial charge < -0.3 is 4.90 Å². The summed E-state index contributed by atoms with van der Waals surface area (Å²) < 4.78 is 62.4. The molecule has 124 valence electrons. The fraction of sp³-hybridized carbons (Fsp3) is 0.462. The Morgan fingerprint density at radius 2 is 1.86 bits per heavy atom. The fourth-order valence-electron chi connectivity index (χ4n) is 1.81. The van der Waals surface area contributed by atoms with Crippen molar-refractivity contribution in [2.75, 3.05) is 19.8 Å². The van der Waals surface area contributed by atoms with Crippen LogP contribution < -0.4 is 4.72 Å². The maximum Gasteiger partial charge on any atom is 0.416 e. The molecule has 0 saturated carbocycles. The normalized spacial score (nSPS) is 12.2. The molecular formula is C13H17F3N2O3S. The molecule has 0 aromatic heterocycles. The first-order valence-electron chi connectivity index (χ1n) is 6.34. The number of rotatable bonds is 6. The van der Waals surface area contributed by atoms with E-state index >= 15 is 0 Å². The lowest BCUT2D eigenvalue weighted by molar-refractivity contribution is -0.139. The van der Waals surface area contributed by atoms with Crippen LogP contribution in [0, 0.1) is 0 Å². The summed E-state index contributed by atoms with van der Waals surface area (Å²) in [4.78, 5) is 12.9. The van der Waals surface area contributed by atoms with Crippen molar-refractivity contribution in [3.63, 3.8) is 0 Å². The van der Waals surface area contributed by atoms with Crippen LogP contribution in [-0.2, 0) is 27.5 Å². The molecule has 1 rings (SSSR count). The molecular weight excluding hydrogens is 321 g/mol. The van der Waals surface area contributed by atoms with Crippen molar-refractivity contribution in [3.05, 3.63) is 35.4 Å². The Kier molecular flexibility index (Phi) is 5.95. The number of hydrogen-bond acceptors (Lipinski definition) is 3. The molecule has 0 fully saturated rings. The van der Waals surface area contributed by atoms with Crippen LogP contribution in [-0.4, -0.2) is 39.1 Å². The molecule has 0 aliphatic heterocycles. The first-order chi connectivity index (χ1) is 10.0. The SMILES string of the molecule is CN(Cc1ccccc1C(F)(F)F)C(=O)CCNS(C)(=O)=O. The lowest BCUT2D eigenvalue weighted by Crippen LogP contribution is -2.31. The van der Waals surface area contributed by atoms with Crippen molar-refractivity contribution in [2.24, 2.45) is 0 Å². The van der Waals surface area contributed by atoms with E-state index in [0.717, 1.165) is 17.2 Å². The molecule has 5 nitrogen and oxygen atoms in total. The van der Waals surface area contributed by atoms with Gasteiger partial charge in [-0.05, 0) is 11.6 Å². The van der Waals surface area contributed by atoms with Crippen molar-refractivity contribution in [1.29, 1.82) is 0 Å². The van der Waals surface area contributed by atoms with Crippen LogP contribution in [0.2, 0.25) is 0 Å². The van der Waals surface area contributed by atoms with E-state index in [1.165, 1.54) is 25.2 Å². The van der Waals surface area contributed by atoms with Crippen LogP contribution in [0.3, 0.4) is 0 Å². The molecule has 0 spiro atoms. The number of hydrogen-bond donors (Lipinski definition) is 1. The Balaban J connectivity index is 2.69. The average molecular weight is 338 g/mol. The predicted octanol–water partition coefficient (Wildman–Crippen LogP) is 1.60. The van der Waals surface area contributed by atoms with Gasteiger partial charge in [0.1, 0.15) is 0 Å². The number of carbonyl (C=O) groups excluding carboxylic acids is 1. The second-order valence-corrected chi connectivity index (χ2v) is 6.65. The second-order valence-electron chi connectivity index (χ2n) is 4.82. The van der Waals surface area contributed by atoms with Crippen LogP contribution in [0.15, 0.2) is 24.3 Å². The van der Waals surface area contributed by atoms with Gasteiger partial charge in [0.15, 0.2) is 0 Å². The molecule has 1 N–H and O–H groups in total. The van der Waals surface area contributed by atoms with Crippen molar-refractivity contribution in [2.45, 2.75) is 19.1 Å². The monoisotopic (exact) mass is 338 g/mol. The minimum atomic E-state index is -4.49. The molecule has 22 heavy (non-hydrogen) atoms. The molecule has 0 atom stereocenters. The highest BCUT2D eigenvalue weighted by atomic mass is 32.2. The van der Waals surface area contributed by atoms with Gasteiger partial charge in [-0.15, -0.1) is 0 Å². The summed E-state index contributed by atoms with van der Waals surface area (Å²) >= 11 is 0. The van der Waals surface area contributed by atoms with Gasteiger partial charge >= 0.3 is 6.18 Å². The largest absolute Gasteiger partial charge is 0.416 e. The number of carbonyl (C=O) groups is 1. The van der Waals surface area contributed by atoms with Gasteiger partial charge in [0.05, 0.1) is 11.8 Å². The molecule has 1 amide bonds. The number of alkyl halides is 3. The number of sulfonamides is 1. The van der Waals surface area contributed by atoms with Crippen molar-refractivity contribution < 1.29 is 26.4 Å². The summed E-state index contributed by atoms with van der Waals surface area (Å²) in [7, 11) is -2.03. The van der Waals surface area contributed by atoms with Crippen LogP contribution in [0.5, 0.6) is 0 Å². The Hall–Kier alpha value is -1.61. The molecule has 1 aromatic rings. The van der Waals surface area contributed by atoms with Crippen LogP contribution in [0.1, 0.15) is 17.5 Å². The Labute approximate surface area is 127 Å². The summed E-state index contributed by atoms with van der Waals surface area (Å²) in [5, 5.41) is 0. The zero-order valence-electron chi connectivity index (χ0n) is 12.1. The second kappa shape index (κ2) is 7.10. The topological polar surface area (TPSA) is 66.5 Å². The van der Waals surface area contributed by atoms with E-state index in [-0.39, 0.29) is 25.1 Å². The summed E-state index contributed by atoms with van der Waals surface area (Å²) in [5.41, 5.74) is -0.800. The van der Waals surface area contributed by atoms with E-state index < -0.39 is 27.7 Å². The summed E-state index contributed by atoms with van der Waals surface area (Å²) in [6.07, 6.45) is -3.66. The molecule has 0 heterocycles. The van der Waals surface area contributed by atoms with Crippen molar-refractivity contribution >= 4 is 15.9 Å². The van der Waals surface area contributed by atoms with Gasteiger partial charge in [0.2, 0.25) is 15.9 Å². The zero-order valence-corrected chi connectivity index (χ0v) is 13.0. The number of benzene rings is 1. The maximum absolute atomic E-state index is 12.9. The fourth-order valence-corrected chi connectivity index (χ4v) is 2.29. The summed E-state index contributed by atoms with van der Waals surface area (Å²) in [6, 6.07) is 5.01. The van der Waals surface area contributed by atoms with Crippen molar-refractivity contribution in [3.8, 4) is 0 Å². The van der Waals surface area contributed by atoms with Crippen LogP contribution >= 0.6 is 0 Å². The Morgan fingerprint density at radius 3 is 2.41 bits per heavy atom. The van der Waals surface area contributed by atoms with E-state index in [4.69, 9.17) is 0 Å². The lowest BCUT2D eigenvalue weighted by Gasteiger charge is -2.20. The van der Waals surface area contributed by atoms with Gasteiger partial charge in [0.25, 0.3) is 0 Å². The molecule has 0 aliphatic carbocycles. The number of nitrogens with one attached hydrogen (secondary N) is 1. The third-order valence-corrected chi connectivity index (χ3v) is 3.59. The summed E-state index contributed by atoms with van der Waals surface area (Å²) in [6.45, 7) is -0.295. The smallest absolute Gasteiger partial charge is 0.341 e. The number of nitrogens with zero attached hydrogens (tertiary/aromatic N) is 1. The highest BCUT2D eigenvalue weighted by Crippen LogP contribution is 2.32. The first-order valence-corrected chi connectivity index (χ1v) is 8.23. The maximum atomic E-state index is 12.9. The molecule has 0 radical (unpaired) electrons. The molecule has 0 bridgehead atoms. The molecule has 9 heteroatoms. The van der Waals surface area contributed by atoms with E-state index in [1.807, 2.05) is 0 Å². The van der Waals surface area contributed by atoms with Gasteiger partial charge in [-0.25, -0.2) is 13.1 Å². The first kappa shape index (κ1) is 18.4. The van der Waals surface area contributed by atoms with Gasteiger partial charge in [0, 0.05) is 26.6 Å². The minimum absolute atomic E-state index is 0.0121. The highest BCUT2D eigenvalue weighted by molar-refractivity contribution is 7.88. The third kappa shape index (κ3) is 6.02. The summed E-state index contributed by atoms with van der Waals surface area (Å²) in [5.74, 6) is -0.451. The highest BCUT2D eigenvalue weighted by Gasteiger charge is 2.33. The predicted molar refractivity (Wildman–Crippen MR) is 75.4 cm³/mol. The Bertz CT molecular complexity index is 630. The van der Waals surface area contributed by atoms with Crippen LogP contribution in [0.4, 0.5) is 13.2 Å². The standard InChI is InChI=1S/C13H17F3N2O3S/c1-18(12(19)7-8-17-22(2,20)21)9-10-5-3-4-6-11(10)13(14,15)16/h3-6,17H,7-9H2,1-2H3. The quantitative estimate of drug-likeness (QED) is 0.857. The van der Waals surface area contributed by atoms with Gasteiger partial charge in [-0.2, -0.15) is 13.2 Å². The van der Waals surface area contributed by atoms with E-state index in [2.05, 4.69) is 4.72 Å². The van der Waals surface area contributed by atoms with Crippen molar-refractivity contribution in [1.82, 2.24) is 9.62 Å². The molecule has 1 aromatic carbocycles. The minimum Gasteiger partial charge on any atom is -0.341 e. The Morgan fingerprint density at radius 1 is 1.27 bits per heavy atom. The average Bonchev–Trinajstić information content (AvgIpc) is 2.36. The van der Waals surface area contributed by atoms with Crippen LogP contribution in [0.25, 0.3) is 0 Å². The molecule has 0 aliphatic rings. The third-order valence-electron chi connectivity index (χ3n) is 2.86. The molecule has 0 unspecified atom stereocenters. The lowest BCUT2D eigenvalue weighted by atomic mass is 10.1. The molecule has 0 saturated heterocycles.